The van der Waals surface area contributed by atoms with E-state index in [1.54, 1.807) is 0 Å². The summed E-state index contributed by atoms with van der Waals surface area (Å²) in [6, 6.07) is 0. The average Bonchev–Trinajstić information content (AvgIpc) is 2.61. The fraction of sp³-hybridized carbons (Fsp3) is 0.400. The Morgan fingerprint density at radius 2 is 1.89 bits per heavy atom. The first kappa shape index (κ1) is 12.7. The number of imidazole rings is 1. The van der Waals surface area contributed by atoms with Gasteiger partial charge in [-0.25, -0.2) is 9.78 Å². The van der Waals surface area contributed by atoms with Crippen LogP contribution in [0.3, 0.4) is 0 Å². The molecule has 2 aromatic rings. The molecule has 0 saturated heterocycles. The number of Topliss-reactive ketones (excluding diaryl/α,β-unsaturated/α-hetero) is 1. The van der Waals surface area contributed by atoms with Gasteiger partial charge in [-0.05, 0) is 22.9 Å². The van der Waals surface area contributed by atoms with Gasteiger partial charge in [0.2, 0.25) is 0 Å². The maximum atomic E-state index is 12.1. The van der Waals surface area contributed by atoms with Crippen molar-refractivity contribution >= 4 is 32.9 Å². The zero-order chi connectivity index (χ0) is 13.6. The van der Waals surface area contributed by atoms with Crippen LogP contribution in [0.4, 0.5) is 0 Å². The highest BCUT2D eigenvalue weighted by Crippen LogP contribution is 2.15. The highest BCUT2D eigenvalue weighted by molar-refractivity contribution is 9.10. The van der Waals surface area contributed by atoms with Gasteiger partial charge in [0.1, 0.15) is 5.78 Å². The summed E-state index contributed by atoms with van der Waals surface area (Å²) in [5, 5.41) is 0. The zero-order valence-electron chi connectivity index (χ0n) is 10.1. The fourth-order valence-electron chi connectivity index (χ4n) is 1.79. The van der Waals surface area contributed by atoms with Crippen molar-refractivity contribution in [2.75, 3.05) is 0 Å². The number of nitrogens with zero attached hydrogens (tertiary/aromatic N) is 4. The number of hydrogen-bond acceptors (Lipinski definition) is 4. The van der Waals surface area contributed by atoms with Crippen molar-refractivity contribution in [2.45, 2.75) is 13.5 Å². The number of aryl methyl sites for hydroxylation is 1. The van der Waals surface area contributed by atoms with Gasteiger partial charge < -0.3 is 4.57 Å². The van der Waals surface area contributed by atoms with Gasteiger partial charge in [0.25, 0.3) is 5.56 Å². The second-order valence-corrected chi connectivity index (χ2v) is 4.76. The van der Waals surface area contributed by atoms with Crippen LogP contribution >= 0.6 is 15.9 Å². The molecule has 2 rings (SSSR count). The average molecular weight is 315 g/mol. The van der Waals surface area contributed by atoms with Crippen LogP contribution in [-0.4, -0.2) is 24.5 Å². The molecule has 0 amide bonds. The molecule has 0 aliphatic carbocycles. The van der Waals surface area contributed by atoms with Crippen LogP contribution in [0.25, 0.3) is 11.2 Å². The smallest absolute Gasteiger partial charge is 0.305 e. The van der Waals surface area contributed by atoms with Gasteiger partial charge in [-0.15, -0.1) is 0 Å². The van der Waals surface area contributed by atoms with Crippen molar-refractivity contribution in [3.05, 3.63) is 25.6 Å². The maximum absolute atomic E-state index is 12.1. The molecule has 2 heterocycles. The van der Waals surface area contributed by atoms with E-state index in [2.05, 4.69) is 20.9 Å². The Morgan fingerprint density at radius 3 is 2.44 bits per heavy atom. The molecular formula is C10H11BrN4O3. The van der Waals surface area contributed by atoms with Crippen molar-refractivity contribution in [3.63, 3.8) is 0 Å². The molecule has 7 nitrogen and oxygen atoms in total. The topological polar surface area (TPSA) is 78.9 Å². The minimum Gasteiger partial charge on any atom is -0.305 e. The van der Waals surface area contributed by atoms with E-state index in [1.165, 1.54) is 30.2 Å². The van der Waals surface area contributed by atoms with Crippen LogP contribution < -0.4 is 11.2 Å². The molecule has 0 spiro atoms. The van der Waals surface area contributed by atoms with E-state index in [0.717, 1.165) is 4.57 Å². The van der Waals surface area contributed by atoms with Crippen LogP contribution in [0.1, 0.15) is 6.92 Å². The first-order valence-corrected chi connectivity index (χ1v) is 5.95. The molecule has 0 fully saturated rings. The molecule has 0 bridgehead atoms. The summed E-state index contributed by atoms with van der Waals surface area (Å²) >= 11 is 3.19. The first-order valence-electron chi connectivity index (χ1n) is 5.15. The van der Waals surface area contributed by atoms with E-state index in [0.29, 0.717) is 4.73 Å². The molecule has 0 saturated carbocycles. The third-order valence-corrected chi connectivity index (χ3v) is 3.29. The number of fused-ring (bicyclic) bond motifs is 1. The quantitative estimate of drug-likeness (QED) is 0.718. The molecule has 2 aromatic heterocycles. The van der Waals surface area contributed by atoms with Crippen molar-refractivity contribution < 1.29 is 4.79 Å². The third kappa shape index (κ3) is 1.72. The molecule has 8 heteroatoms. The van der Waals surface area contributed by atoms with E-state index >= 15 is 0 Å². The van der Waals surface area contributed by atoms with Crippen LogP contribution in [0.2, 0.25) is 0 Å². The zero-order valence-corrected chi connectivity index (χ0v) is 11.7. The lowest BCUT2D eigenvalue weighted by Crippen LogP contribution is -2.37. The Morgan fingerprint density at radius 1 is 1.28 bits per heavy atom. The number of rotatable bonds is 2. The Balaban J connectivity index is 2.99. The summed E-state index contributed by atoms with van der Waals surface area (Å²) in [6.07, 6.45) is 0. The first-order chi connectivity index (χ1) is 8.34. The predicted octanol–water partition coefficient (Wildman–Crippen LogP) is -0.215. The number of ketones is 1. The van der Waals surface area contributed by atoms with E-state index < -0.39 is 11.2 Å². The molecule has 0 atom stereocenters. The minimum absolute atomic E-state index is 0.0323. The van der Waals surface area contributed by atoms with Crippen molar-refractivity contribution in [1.29, 1.82) is 0 Å². The summed E-state index contributed by atoms with van der Waals surface area (Å²) in [5.41, 5.74) is -0.419. The van der Waals surface area contributed by atoms with Gasteiger partial charge in [-0.2, -0.15) is 0 Å². The maximum Gasteiger partial charge on any atom is 0.332 e. The monoisotopic (exact) mass is 314 g/mol. The molecule has 0 aliphatic heterocycles. The van der Waals surface area contributed by atoms with Gasteiger partial charge in [-0.3, -0.25) is 18.7 Å². The molecule has 0 aromatic carbocycles. The van der Waals surface area contributed by atoms with E-state index in [1.807, 2.05) is 0 Å². The van der Waals surface area contributed by atoms with Crippen LogP contribution in [0.5, 0.6) is 0 Å². The number of hydrogen-bond donors (Lipinski definition) is 0. The SMILES string of the molecule is CC(=O)Cn1c(Br)nc2c1c(=O)n(C)c(=O)n2C. The van der Waals surface area contributed by atoms with Crippen LogP contribution in [-0.2, 0) is 25.4 Å². The summed E-state index contributed by atoms with van der Waals surface area (Å²) in [4.78, 5) is 39.1. The Labute approximate surface area is 110 Å². The number of aromatic nitrogens is 4. The summed E-state index contributed by atoms with van der Waals surface area (Å²) in [5.74, 6) is -0.106. The molecule has 0 aliphatic rings. The predicted molar refractivity (Wildman–Crippen MR) is 68.6 cm³/mol. The van der Waals surface area contributed by atoms with Gasteiger partial charge in [0.15, 0.2) is 15.9 Å². The van der Waals surface area contributed by atoms with Crippen molar-refractivity contribution in [2.24, 2.45) is 14.1 Å². The van der Waals surface area contributed by atoms with Crippen LogP contribution in [0.15, 0.2) is 14.3 Å². The van der Waals surface area contributed by atoms with Gasteiger partial charge in [0.05, 0.1) is 6.54 Å². The number of halogens is 1. The molecule has 96 valence electrons. The Bertz CT molecular complexity index is 768. The Hall–Kier alpha value is -1.70. The molecular weight excluding hydrogens is 304 g/mol. The minimum atomic E-state index is -0.465. The van der Waals surface area contributed by atoms with E-state index in [4.69, 9.17) is 0 Å². The summed E-state index contributed by atoms with van der Waals surface area (Å²) in [7, 11) is 2.92. The largest absolute Gasteiger partial charge is 0.332 e. The number of carbonyl (C=O) groups is 1. The summed E-state index contributed by atoms with van der Waals surface area (Å²) in [6.45, 7) is 1.45. The standard InChI is InChI=1S/C10H11BrN4O3/c1-5(16)4-15-6-7(12-9(15)11)13(2)10(18)14(3)8(6)17/h4H2,1-3H3. The highest BCUT2D eigenvalue weighted by Gasteiger charge is 2.18. The van der Waals surface area contributed by atoms with E-state index in [9.17, 15) is 14.4 Å². The van der Waals surface area contributed by atoms with E-state index in [-0.39, 0.29) is 23.5 Å². The second-order valence-electron chi connectivity index (χ2n) is 4.05. The molecule has 0 radical (unpaired) electrons. The fourth-order valence-corrected chi connectivity index (χ4v) is 2.26. The molecule has 0 N–H and O–H groups in total. The third-order valence-electron chi connectivity index (χ3n) is 2.68. The van der Waals surface area contributed by atoms with Gasteiger partial charge >= 0.3 is 5.69 Å². The Kier molecular flexibility index (Phi) is 2.97. The van der Waals surface area contributed by atoms with Crippen LogP contribution in [0, 0.1) is 0 Å². The van der Waals surface area contributed by atoms with Crippen molar-refractivity contribution in [3.8, 4) is 0 Å². The lowest BCUT2D eigenvalue weighted by atomic mass is 10.4. The lowest BCUT2D eigenvalue weighted by Gasteiger charge is -2.05. The molecule has 0 unspecified atom stereocenters. The number of carbonyl (C=O) groups excluding carboxylic acids is 1. The van der Waals surface area contributed by atoms with Crippen molar-refractivity contribution in [1.82, 2.24) is 18.7 Å². The normalized spacial score (nSPS) is 11.1. The lowest BCUT2D eigenvalue weighted by molar-refractivity contribution is -0.117. The highest BCUT2D eigenvalue weighted by atomic mass is 79.9. The van der Waals surface area contributed by atoms with Gasteiger partial charge in [-0.1, -0.05) is 0 Å². The molecule has 18 heavy (non-hydrogen) atoms. The summed E-state index contributed by atoms with van der Waals surface area (Å²) < 4.78 is 4.08. The van der Waals surface area contributed by atoms with Gasteiger partial charge in [0, 0.05) is 14.1 Å². The second kappa shape index (κ2) is 4.20.